The Morgan fingerprint density at radius 3 is 2.55 bits per heavy atom. The van der Waals surface area contributed by atoms with Crippen LogP contribution in [-0.4, -0.2) is 40.1 Å². The van der Waals surface area contributed by atoms with Crippen molar-refractivity contribution in [3.63, 3.8) is 0 Å². The fourth-order valence-corrected chi connectivity index (χ4v) is 4.60. The number of nitrogens with one attached hydrogen (secondary N) is 1. The first-order valence-electron chi connectivity index (χ1n) is 11.7. The summed E-state index contributed by atoms with van der Waals surface area (Å²) in [7, 11) is 0. The SMILES string of the molecule is CCCCCCCCCC(O)CCC1CC2=C(NOCCCC(=O)O)CC2C1O. The molecule has 0 aromatic carbocycles. The van der Waals surface area contributed by atoms with Crippen LogP contribution < -0.4 is 5.48 Å². The number of carboxylic acids is 1. The Balaban J connectivity index is 1.56. The van der Waals surface area contributed by atoms with Crippen molar-refractivity contribution >= 4 is 5.97 Å². The van der Waals surface area contributed by atoms with Gasteiger partial charge in [0, 0.05) is 18.0 Å². The van der Waals surface area contributed by atoms with Gasteiger partial charge >= 0.3 is 5.97 Å². The summed E-state index contributed by atoms with van der Waals surface area (Å²) in [5.41, 5.74) is 5.25. The zero-order valence-electron chi connectivity index (χ0n) is 18.1. The molecule has 0 amide bonds. The number of allylic oxidation sites excluding steroid dienone is 1. The number of aliphatic carboxylic acids is 1. The van der Waals surface area contributed by atoms with Crippen LogP contribution in [0.5, 0.6) is 0 Å². The number of hydrogen-bond acceptors (Lipinski definition) is 5. The van der Waals surface area contributed by atoms with Crippen molar-refractivity contribution in [2.75, 3.05) is 6.61 Å². The van der Waals surface area contributed by atoms with E-state index in [1.807, 2.05) is 0 Å². The summed E-state index contributed by atoms with van der Waals surface area (Å²) < 4.78 is 0. The highest BCUT2D eigenvalue weighted by atomic mass is 16.6. The molecule has 1 saturated carbocycles. The van der Waals surface area contributed by atoms with Crippen LogP contribution in [0.1, 0.15) is 96.8 Å². The van der Waals surface area contributed by atoms with Crippen molar-refractivity contribution in [2.45, 2.75) is 109 Å². The maximum Gasteiger partial charge on any atom is 0.303 e. The van der Waals surface area contributed by atoms with Crippen LogP contribution in [0, 0.1) is 11.8 Å². The van der Waals surface area contributed by atoms with Gasteiger partial charge in [0.05, 0.1) is 18.8 Å². The zero-order chi connectivity index (χ0) is 21.1. The molecule has 6 heteroatoms. The third-order valence-electron chi connectivity index (χ3n) is 6.48. The largest absolute Gasteiger partial charge is 0.481 e. The van der Waals surface area contributed by atoms with Gasteiger partial charge in [-0.2, -0.15) is 0 Å². The van der Waals surface area contributed by atoms with Crippen molar-refractivity contribution in [1.82, 2.24) is 5.48 Å². The highest BCUT2D eigenvalue weighted by Crippen LogP contribution is 2.49. The first-order valence-corrected chi connectivity index (χ1v) is 11.7. The number of carbonyl (C=O) groups is 1. The van der Waals surface area contributed by atoms with Gasteiger partial charge in [-0.25, -0.2) is 0 Å². The van der Waals surface area contributed by atoms with Crippen molar-refractivity contribution < 1.29 is 25.0 Å². The van der Waals surface area contributed by atoms with Crippen molar-refractivity contribution in [2.24, 2.45) is 11.8 Å². The molecule has 0 saturated heterocycles. The van der Waals surface area contributed by atoms with E-state index in [1.165, 1.54) is 44.1 Å². The molecule has 2 rings (SSSR count). The lowest BCUT2D eigenvalue weighted by atomic mass is 9.83. The van der Waals surface area contributed by atoms with Gasteiger partial charge in [-0.15, -0.1) is 0 Å². The molecule has 0 heterocycles. The Labute approximate surface area is 175 Å². The summed E-state index contributed by atoms with van der Waals surface area (Å²) in [4.78, 5) is 15.8. The topological polar surface area (TPSA) is 99.0 Å². The van der Waals surface area contributed by atoms with Gasteiger partial charge in [0.25, 0.3) is 0 Å². The fourth-order valence-electron chi connectivity index (χ4n) is 4.60. The molecule has 2 aliphatic rings. The van der Waals surface area contributed by atoms with E-state index in [9.17, 15) is 15.0 Å². The van der Waals surface area contributed by atoms with E-state index in [0.717, 1.165) is 44.2 Å². The standard InChI is InChI=1S/C23H41NO5/c1-2-3-4-5-6-7-8-10-18(25)13-12-17-15-19-20(23(17)28)16-21(19)24-29-14-9-11-22(26)27/h17-18,20,23-25,28H,2-16H2,1H3,(H,26,27). The number of fused-ring (bicyclic) bond motifs is 1. The van der Waals surface area contributed by atoms with Crippen LogP contribution in [0.4, 0.5) is 0 Å². The number of hydrogen-bond donors (Lipinski definition) is 4. The monoisotopic (exact) mass is 411 g/mol. The van der Waals surface area contributed by atoms with Gasteiger partial charge in [0.2, 0.25) is 0 Å². The van der Waals surface area contributed by atoms with E-state index in [1.54, 1.807) is 0 Å². The Bertz CT molecular complexity index is 521. The van der Waals surface area contributed by atoms with E-state index in [4.69, 9.17) is 9.94 Å². The Hall–Kier alpha value is -1.11. The molecule has 0 aromatic heterocycles. The summed E-state index contributed by atoms with van der Waals surface area (Å²) in [6, 6.07) is 0. The highest BCUT2D eigenvalue weighted by Gasteiger charge is 2.45. The first-order chi connectivity index (χ1) is 14.0. The van der Waals surface area contributed by atoms with Crippen molar-refractivity contribution in [3.8, 4) is 0 Å². The van der Waals surface area contributed by atoms with Gasteiger partial charge in [0.1, 0.15) is 0 Å². The Kier molecular flexibility index (Phi) is 11.0. The molecule has 4 atom stereocenters. The van der Waals surface area contributed by atoms with E-state index in [0.29, 0.717) is 13.0 Å². The van der Waals surface area contributed by atoms with Crippen molar-refractivity contribution in [1.29, 1.82) is 0 Å². The molecule has 0 aromatic rings. The minimum Gasteiger partial charge on any atom is -0.481 e. The van der Waals surface area contributed by atoms with Crippen molar-refractivity contribution in [3.05, 3.63) is 11.3 Å². The first kappa shape index (κ1) is 24.2. The number of aliphatic hydroxyl groups excluding tert-OH is 2. The number of unbranched alkanes of at least 4 members (excludes halogenated alkanes) is 6. The van der Waals surface area contributed by atoms with E-state index >= 15 is 0 Å². The van der Waals surface area contributed by atoms with Gasteiger partial charge in [-0.05, 0) is 50.0 Å². The van der Waals surface area contributed by atoms with E-state index in [2.05, 4.69) is 12.4 Å². The quantitative estimate of drug-likeness (QED) is 0.210. The lowest BCUT2D eigenvalue weighted by molar-refractivity contribution is -0.137. The molecule has 168 valence electrons. The van der Waals surface area contributed by atoms with Crippen LogP contribution in [0.2, 0.25) is 0 Å². The van der Waals surface area contributed by atoms with Crippen LogP contribution in [0.3, 0.4) is 0 Å². The minimum absolute atomic E-state index is 0.109. The molecule has 0 bridgehead atoms. The molecule has 1 fully saturated rings. The molecule has 0 radical (unpaired) electrons. The van der Waals surface area contributed by atoms with Gasteiger partial charge in [0.15, 0.2) is 0 Å². The lowest BCUT2D eigenvalue weighted by Gasteiger charge is -2.30. The highest BCUT2D eigenvalue weighted by molar-refractivity contribution is 5.66. The molecule has 4 unspecified atom stereocenters. The second-order valence-corrected chi connectivity index (χ2v) is 8.86. The number of carboxylic acid groups (broad SMARTS) is 1. The van der Waals surface area contributed by atoms with Crippen LogP contribution >= 0.6 is 0 Å². The predicted octanol–water partition coefficient (Wildman–Crippen LogP) is 4.31. The summed E-state index contributed by atoms with van der Waals surface area (Å²) in [6.07, 6.45) is 13.1. The normalized spacial score (nSPS) is 24.3. The molecule has 0 aliphatic heterocycles. The van der Waals surface area contributed by atoms with Crippen LogP contribution in [0.25, 0.3) is 0 Å². The maximum atomic E-state index is 10.5. The molecule has 0 spiro atoms. The number of rotatable bonds is 17. The Morgan fingerprint density at radius 1 is 1.10 bits per heavy atom. The summed E-state index contributed by atoms with van der Waals surface area (Å²) >= 11 is 0. The summed E-state index contributed by atoms with van der Waals surface area (Å²) in [5, 5.41) is 29.4. The molecular formula is C23H41NO5. The molecule has 6 nitrogen and oxygen atoms in total. The predicted molar refractivity (Wildman–Crippen MR) is 113 cm³/mol. The average molecular weight is 412 g/mol. The summed E-state index contributed by atoms with van der Waals surface area (Å²) in [5.74, 6) is -0.356. The second kappa shape index (κ2) is 13.2. The fraction of sp³-hybridized carbons (Fsp3) is 0.870. The van der Waals surface area contributed by atoms with E-state index < -0.39 is 5.97 Å². The average Bonchev–Trinajstić information content (AvgIpc) is 2.92. The zero-order valence-corrected chi connectivity index (χ0v) is 18.1. The third-order valence-corrected chi connectivity index (χ3v) is 6.48. The molecule has 4 N–H and O–H groups in total. The van der Waals surface area contributed by atoms with Gasteiger partial charge in [-0.3, -0.25) is 15.1 Å². The summed E-state index contributed by atoms with van der Waals surface area (Å²) in [6.45, 7) is 2.60. The molecule has 29 heavy (non-hydrogen) atoms. The van der Waals surface area contributed by atoms with Gasteiger partial charge < -0.3 is 15.3 Å². The molecule has 2 aliphatic carbocycles. The molecular weight excluding hydrogens is 370 g/mol. The number of aliphatic hydroxyl groups is 2. The van der Waals surface area contributed by atoms with E-state index in [-0.39, 0.29) is 30.5 Å². The smallest absolute Gasteiger partial charge is 0.303 e. The third kappa shape index (κ3) is 8.27. The number of hydroxylamine groups is 1. The maximum absolute atomic E-state index is 10.5. The Morgan fingerprint density at radius 2 is 1.83 bits per heavy atom. The van der Waals surface area contributed by atoms with Gasteiger partial charge in [-0.1, -0.05) is 51.9 Å². The minimum atomic E-state index is -0.810. The lowest BCUT2D eigenvalue weighted by Crippen LogP contribution is -2.32. The van der Waals surface area contributed by atoms with Crippen LogP contribution in [-0.2, 0) is 9.63 Å². The van der Waals surface area contributed by atoms with Crippen LogP contribution in [0.15, 0.2) is 11.3 Å². The second-order valence-electron chi connectivity index (χ2n) is 8.86.